The number of esters is 1. The molecular weight excluding hydrogens is 570 g/mol. The van der Waals surface area contributed by atoms with Gasteiger partial charge in [-0.2, -0.15) is 0 Å². The Balaban J connectivity index is 1.97. The van der Waals surface area contributed by atoms with Gasteiger partial charge in [-0.15, -0.1) is 0 Å². The first-order valence-electron chi connectivity index (χ1n) is 15.7. The number of aromatic nitrogens is 1. The second-order valence-electron chi connectivity index (χ2n) is 15.0. The largest absolute Gasteiger partial charge is 0.453 e. The van der Waals surface area contributed by atoms with Gasteiger partial charge < -0.3 is 43.7 Å². The topological polar surface area (TPSA) is 226 Å². The lowest BCUT2D eigenvalue weighted by Gasteiger charge is -2.34. The molecule has 12 N–H and O–H groups in total. The molecule has 12 nitrogen and oxygen atoms in total. The summed E-state index contributed by atoms with van der Waals surface area (Å²) in [6.45, 7) is 17.5. The molecule has 0 fully saturated rings. The van der Waals surface area contributed by atoms with Crippen LogP contribution < -0.4 is 34.0 Å². The van der Waals surface area contributed by atoms with Crippen molar-refractivity contribution in [2.24, 2.45) is 38.7 Å². The predicted octanol–water partition coefficient (Wildman–Crippen LogP) is 2.78. The van der Waals surface area contributed by atoms with Gasteiger partial charge >= 0.3 is 5.97 Å². The number of hydrogen-bond acceptors (Lipinski definition) is 6. The first-order chi connectivity index (χ1) is 20.6. The molecule has 2 heterocycles. The van der Waals surface area contributed by atoms with Gasteiger partial charge in [-0.25, -0.2) is 4.79 Å². The van der Waals surface area contributed by atoms with Crippen LogP contribution >= 0.6 is 0 Å². The molecule has 3 rings (SSSR count). The predicted molar refractivity (Wildman–Crippen MR) is 182 cm³/mol. The molecule has 0 radical (unpaired) electrons. The number of aromatic amines is 1. The lowest BCUT2D eigenvalue weighted by atomic mass is 9.80. The molecule has 2 aromatic rings. The van der Waals surface area contributed by atoms with Gasteiger partial charge in [-0.05, 0) is 62.1 Å². The number of aliphatic imine (C=N–C) groups is 2. The average Bonchev–Trinajstić information content (AvgIpc) is 3.25. The van der Waals surface area contributed by atoms with Crippen molar-refractivity contribution in [3.63, 3.8) is 0 Å². The molecule has 45 heavy (non-hydrogen) atoms. The first kappa shape index (κ1) is 35.7. The van der Waals surface area contributed by atoms with Crippen LogP contribution in [0.2, 0.25) is 0 Å². The quantitative estimate of drug-likeness (QED) is 0.0848. The fraction of sp³-hybridized carbons (Fsp3) is 0.636. The summed E-state index contributed by atoms with van der Waals surface area (Å²) >= 11 is 0. The van der Waals surface area contributed by atoms with Gasteiger partial charge in [0.1, 0.15) is 11.6 Å². The van der Waals surface area contributed by atoms with Crippen LogP contribution in [-0.4, -0.2) is 53.4 Å². The number of rotatable bonds is 11. The minimum absolute atomic E-state index is 0.00136. The number of nitrogens with zero attached hydrogens (tertiary/aromatic N) is 2. The number of ether oxygens (including phenoxy) is 1. The summed E-state index contributed by atoms with van der Waals surface area (Å²) in [6, 6.07) is 3.45. The van der Waals surface area contributed by atoms with Crippen molar-refractivity contribution < 1.29 is 14.3 Å². The lowest BCUT2D eigenvalue weighted by molar-refractivity contribution is -0.161. The van der Waals surface area contributed by atoms with E-state index < -0.39 is 23.2 Å². The number of carbonyl (C=O) groups excluding carboxylic acids is 2. The number of carbonyl (C=O) groups is 2. The zero-order chi connectivity index (χ0) is 34.0. The van der Waals surface area contributed by atoms with Crippen LogP contribution in [0.5, 0.6) is 0 Å². The fourth-order valence-electron chi connectivity index (χ4n) is 6.07. The molecule has 1 aromatic carbocycles. The highest BCUT2D eigenvalue weighted by Gasteiger charge is 2.40. The van der Waals surface area contributed by atoms with Gasteiger partial charge in [0.25, 0.3) is 0 Å². The Hall–Kier alpha value is -3.80. The number of H-pyrrole nitrogens is 1. The Bertz CT molecular complexity index is 1430. The zero-order valence-electron chi connectivity index (χ0n) is 28.4. The molecule has 1 amide bonds. The monoisotopic (exact) mass is 625 g/mol. The summed E-state index contributed by atoms with van der Waals surface area (Å²) in [4.78, 5) is 39.2. The van der Waals surface area contributed by atoms with Crippen molar-refractivity contribution in [2.75, 3.05) is 13.1 Å². The molecule has 0 unspecified atom stereocenters. The van der Waals surface area contributed by atoms with Crippen molar-refractivity contribution in [2.45, 2.75) is 122 Å². The molecule has 0 spiro atoms. The number of benzene rings is 1. The van der Waals surface area contributed by atoms with E-state index in [-0.39, 0.29) is 41.5 Å². The number of guanidine groups is 2. The maximum atomic E-state index is 13.8. The van der Waals surface area contributed by atoms with E-state index in [1.165, 1.54) is 0 Å². The Kier molecular flexibility index (Phi) is 10.5. The van der Waals surface area contributed by atoms with E-state index in [4.69, 9.17) is 33.4 Å². The average molecular weight is 626 g/mol. The van der Waals surface area contributed by atoms with Gasteiger partial charge in [0, 0.05) is 59.0 Å². The highest BCUT2D eigenvalue weighted by molar-refractivity contribution is 5.93. The van der Waals surface area contributed by atoms with Crippen molar-refractivity contribution in [1.82, 2.24) is 10.3 Å². The summed E-state index contributed by atoms with van der Waals surface area (Å²) in [7, 11) is 0. The van der Waals surface area contributed by atoms with Crippen molar-refractivity contribution >= 4 is 34.7 Å². The van der Waals surface area contributed by atoms with E-state index >= 15 is 0 Å². The zero-order valence-corrected chi connectivity index (χ0v) is 28.4. The summed E-state index contributed by atoms with van der Waals surface area (Å²) in [5, 5.41) is 4.02. The maximum Gasteiger partial charge on any atom is 0.329 e. The van der Waals surface area contributed by atoms with E-state index in [2.05, 4.69) is 74.0 Å². The minimum Gasteiger partial charge on any atom is -0.453 e. The summed E-state index contributed by atoms with van der Waals surface area (Å²) in [5.41, 5.74) is 31.6. The third-order valence-electron chi connectivity index (χ3n) is 8.42. The van der Waals surface area contributed by atoms with E-state index in [1.807, 2.05) is 13.8 Å². The normalized spacial score (nSPS) is 16.8. The van der Waals surface area contributed by atoms with Crippen LogP contribution in [0, 0.1) is 0 Å². The Morgan fingerprint density at radius 1 is 0.978 bits per heavy atom. The Morgan fingerprint density at radius 2 is 1.53 bits per heavy atom. The van der Waals surface area contributed by atoms with Crippen LogP contribution in [0.25, 0.3) is 10.9 Å². The van der Waals surface area contributed by atoms with Crippen LogP contribution in [-0.2, 0) is 37.2 Å². The molecular formula is C33H55N9O3. The summed E-state index contributed by atoms with van der Waals surface area (Å²) in [5.74, 6) is -0.830. The van der Waals surface area contributed by atoms with Crippen molar-refractivity contribution in [3.05, 3.63) is 34.5 Å². The third-order valence-corrected chi connectivity index (χ3v) is 8.42. The third kappa shape index (κ3) is 9.12. The van der Waals surface area contributed by atoms with Gasteiger partial charge in [-0.3, -0.25) is 14.8 Å². The molecule has 0 saturated heterocycles. The van der Waals surface area contributed by atoms with Gasteiger partial charge in [0.2, 0.25) is 5.91 Å². The van der Waals surface area contributed by atoms with Gasteiger partial charge in [-0.1, -0.05) is 47.6 Å². The maximum absolute atomic E-state index is 13.8. The minimum atomic E-state index is -0.944. The standard InChI is InChI=1S/C33H55N9O3/c1-30(2,3)19-15-21-25-20(26(31(4,5)6)42-22(25)16-19)17-23(27(44)45-32(21,7)8)41-24(43)18-33(38,11-9-13-39-28(34)35)12-10-14-40-29(36)37/h15-16,23,42H,9-14,17-18,38H2,1-8H3,(H,41,43)(H4,34,35,39)(H4,36,37,40)/t23-/m0/s1. The first-order valence-corrected chi connectivity index (χ1v) is 15.7. The molecule has 250 valence electrons. The highest BCUT2D eigenvalue weighted by Crippen LogP contribution is 2.43. The lowest BCUT2D eigenvalue weighted by Crippen LogP contribution is -2.50. The summed E-state index contributed by atoms with van der Waals surface area (Å²) in [6.07, 6.45) is 2.39. The van der Waals surface area contributed by atoms with Crippen LogP contribution in [0.15, 0.2) is 22.1 Å². The number of nitrogens with two attached hydrogens (primary N) is 5. The number of amides is 1. The van der Waals surface area contributed by atoms with Gasteiger partial charge in [0.05, 0.1) is 0 Å². The number of nitrogens with one attached hydrogen (secondary N) is 2. The van der Waals surface area contributed by atoms with Crippen LogP contribution in [0.1, 0.15) is 110 Å². The SMILES string of the molecule is CC(C)(C)c1cc2c3c(c(C(C)(C)C)[nH]c3c1)C[C@H](NC(=O)CC(N)(CCCN=C(N)N)CCCN=C(N)N)C(=O)OC2(C)C. The molecule has 1 aliphatic heterocycles. The number of cyclic esters (lactones) is 1. The summed E-state index contributed by atoms with van der Waals surface area (Å²) < 4.78 is 6.16. The molecule has 12 heteroatoms. The molecule has 0 bridgehead atoms. The molecule has 1 atom stereocenters. The van der Waals surface area contributed by atoms with Crippen LogP contribution in [0.3, 0.4) is 0 Å². The second kappa shape index (κ2) is 13.3. The molecule has 1 aromatic heterocycles. The molecule has 1 aliphatic rings. The van der Waals surface area contributed by atoms with E-state index in [0.29, 0.717) is 38.8 Å². The number of hydrogen-bond donors (Lipinski definition) is 7. The van der Waals surface area contributed by atoms with E-state index in [0.717, 1.165) is 33.3 Å². The van der Waals surface area contributed by atoms with Crippen molar-refractivity contribution in [1.29, 1.82) is 0 Å². The van der Waals surface area contributed by atoms with Gasteiger partial charge in [0.15, 0.2) is 11.9 Å². The molecule has 0 aliphatic carbocycles. The second-order valence-corrected chi connectivity index (χ2v) is 15.0. The fourth-order valence-corrected chi connectivity index (χ4v) is 6.07. The van der Waals surface area contributed by atoms with Crippen molar-refractivity contribution in [3.8, 4) is 0 Å². The van der Waals surface area contributed by atoms with E-state index in [1.54, 1.807) is 0 Å². The smallest absolute Gasteiger partial charge is 0.329 e. The molecule has 0 saturated carbocycles. The Morgan fingerprint density at radius 3 is 2.02 bits per heavy atom. The highest BCUT2D eigenvalue weighted by atomic mass is 16.6. The van der Waals surface area contributed by atoms with E-state index in [9.17, 15) is 9.59 Å². The van der Waals surface area contributed by atoms with Crippen LogP contribution in [0.4, 0.5) is 0 Å². The Labute approximate surface area is 267 Å².